The Hall–Kier alpha value is -0.820. The molecule has 0 spiro atoms. The molecule has 0 aliphatic carbocycles. The summed E-state index contributed by atoms with van der Waals surface area (Å²) in [5.74, 6) is 0. The van der Waals surface area contributed by atoms with Crippen LogP contribution in [0.1, 0.15) is 115 Å². The van der Waals surface area contributed by atoms with Crippen molar-refractivity contribution < 1.29 is 0 Å². The van der Waals surface area contributed by atoms with Crippen LogP contribution in [0, 0.1) is 0 Å². The van der Waals surface area contributed by atoms with Gasteiger partial charge < -0.3 is 4.90 Å². The van der Waals surface area contributed by atoms with Crippen LogP contribution in [-0.4, -0.2) is 25.0 Å². The van der Waals surface area contributed by atoms with Gasteiger partial charge in [0.25, 0.3) is 0 Å². The molecule has 0 aliphatic rings. The number of rotatable bonds is 19. The summed E-state index contributed by atoms with van der Waals surface area (Å²) >= 11 is 0. The van der Waals surface area contributed by atoms with Crippen LogP contribution in [0.15, 0.2) is 30.3 Å². The van der Waals surface area contributed by atoms with Gasteiger partial charge >= 0.3 is 0 Å². The van der Waals surface area contributed by atoms with E-state index in [1.165, 1.54) is 115 Å². The van der Waals surface area contributed by atoms with Crippen molar-refractivity contribution in [3.63, 3.8) is 0 Å². The fourth-order valence-electron chi connectivity index (χ4n) is 4.18. The highest BCUT2D eigenvalue weighted by molar-refractivity contribution is 5.15. The predicted octanol–water partition coefficient (Wildman–Crippen LogP) is 8.42. The zero-order valence-electron chi connectivity index (χ0n) is 19.4. The molecular weight excluding hydrogens is 338 g/mol. The van der Waals surface area contributed by atoms with Gasteiger partial charge in [0, 0.05) is 6.04 Å². The molecule has 1 unspecified atom stereocenters. The van der Waals surface area contributed by atoms with E-state index < -0.39 is 0 Å². The third-order valence-corrected chi connectivity index (χ3v) is 6.19. The van der Waals surface area contributed by atoms with Gasteiger partial charge in [0.1, 0.15) is 0 Å². The maximum atomic E-state index is 2.41. The van der Waals surface area contributed by atoms with Gasteiger partial charge in [0.15, 0.2) is 0 Å². The molecule has 1 heteroatoms. The minimum Gasteiger partial charge on any atom is -0.306 e. The first kappa shape index (κ1) is 25.2. The first-order valence-corrected chi connectivity index (χ1v) is 12.4. The van der Waals surface area contributed by atoms with E-state index in [-0.39, 0.29) is 0 Å². The molecule has 1 nitrogen and oxygen atoms in total. The highest BCUT2D eigenvalue weighted by Crippen LogP contribution is 2.16. The molecule has 0 bridgehead atoms. The van der Waals surface area contributed by atoms with Crippen LogP contribution < -0.4 is 0 Å². The normalized spacial score (nSPS) is 12.6. The molecule has 0 fully saturated rings. The number of unbranched alkanes of at least 4 members (excludes halogenated alkanes) is 14. The Balaban J connectivity index is 1.90. The first-order chi connectivity index (χ1) is 13.7. The molecule has 0 aromatic heterocycles. The van der Waals surface area contributed by atoms with Gasteiger partial charge in [-0.1, -0.05) is 134 Å². The van der Waals surface area contributed by atoms with Gasteiger partial charge in [-0.3, -0.25) is 0 Å². The lowest BCUT2D eigenvalue weighted by Crippen LogP contribution is -2.30. The SMILES string of the molecule is CCCCCCCCCCCCCCCCCC(Cc1ccccc1)N(C)C. The monoisotopic (exact) mass is 387 g/mol. The second kappa shape index (κ2) is 18.2. The lowest BCUT2D eigenvalue weighted by molar-refractivity contribution is 0.269. The van der Waals surface area contributed by atoms with Gasteiger partial charge in [-0.25, -0.2) is 0 Å². The summed E-state index contributed by atoms with van der Waals surface area (Å²) in [7, 11) is 4.47. The van der Waals surface area contributed by atoms with Crippen molar-refractivity contribution >= 4 is 0 Å². The van der Waals surface area contributed by atoms with Crippen LogP contribution in [0.3, 0.4) is 0 Å². The smallest absolute Gasteiger partial charge is 0.0130 e. The van der Waals surface area contributed by atoms with E-state index >= 15 is 0 Å². The number of likely N-dealkylation sites (N-methyl/N-ethyl adjacent to an activating group) is 1. The molecule has 0 N–H and O–H groups in total. The number of benzene rings is 1. The van der Waals surface area contributed by atoms with Crippen LogP contribution in [0.25, 0.3) is 0 Å². The lowest BCUT2D eigenvalue weighted by atomic mass is 9.98. The Bertz CT molecular complexity index is 425. The van der Waals surface area contributed by atoms with E-state index in [4.69, 9.17) is 0 Å². The second-order valence-corrected chi connectivity index (χ2v) is 9.05. The van der Waals surface area contributed by atoms with Crippen molar-refractivity contribution in [2.24, 2.45) is 0 Å². The molecule has 0 heterocycles. The van der Waals surface area contributed by atoms with Gasteiger partial charge in [-0.05, 0) is 32.5 Å². The van der Waals surface area contributed by atoms with Gasteiger partial charge in [-0.15, -0.1) is 0 Å². The molecule has 0 aliphatic heterocycles. The number of hydrogen-bond donors (Lipinski definition) is 0. The standard InChI is InChI=1S/C27H49N/c1-4-5-6-7-8-9-10-11-12-13-14-15-16-17-21-24-27(28(2)3)25-26-22-19-18-20-23-26/h18-20,22-23,27H,4-17,21,24-25H2,1-3H3. The highest BCUT2D eigenvalue weighted by atomic mass is 15.1. The Morgan fingerprint density at radius 3 is 1.46 bits per heavy atom. The molecule has 0 saturated heterocycles. The summed E-state index contributed by atoms with van der Waals surface area (Å²) < 4.78 is 0. The zero-order chi connectivity index (χ0) is 20.3. The molecular formula is C27H49N. The van der Waals surface area contributed by atoms with Gasteiger partial charge in [-0.2, -0.15) is 0 Å². The van der Waals surface area contributed by atoms with Gasteiger partial charge in [0.05, 0.1) is 0 Å². The maximum absolute atomic E-state index is 2.41. The predicted molar refractivity (Wildman–Crippen MR) is 127 cm³/mol. The number of nitrogens with zero attached hydrogens (tertiary/aromatic N) is 1. The van der Waals surface area contributed by atoms with Gasteiger partial charge in [0.2, 0.25) is 0 Å². The molecule has 162 valence electrons. The lowest BCUT2D eigenvalue weighted by Gasteiger charge is -2.24. The third kappa shape index (κ3) is 14.2. The molecule has 1 aromatic rings. The summed E-state index contributed by atoms with van der Waals surface area (Å²) in [4.78, 5) is 2.41. The molecule has 1 aromatic carbocycles. The largest absolute Gasteiger partial charge is 0.306 e. The van der Waals surface area contributed by atoms with Crippen molar-refractivity contribution in [1.29, 1.82) is 0 Å². The van der Waals surface area contributed by atoms with E-state index in [1.807, 2.05) is 0 Å². The van der Waals surface area contributed by atoms with E-state index in [9.17, 15) is 0 Å². The zero-order valence-corrected chi connectivity index (χ0v) is 19.4. The third-order valence-electron chi connectivity index (χ3n) is 6.19. The molecule has 0 amide bonds. The van der Waals surface area contributed by atoms with Crippen LogP contribution in [0.4, 0.5) is 0 Å². The summed E-state index contributed by atoms with van der Waals surface area (Å²) in [5, 5.41) is 0. The molecule has 0 saturated carbocycles. The minimum atomic E-state index is 0.685. The average Bonchev–Trinajstić information content (AvgIpc) is 2.70. The Morgan fingerprint density at radius 1 is 0.607 bits per heavy atom. The topological polar surface area (TPSA) is 3.24 Å². The van der Waals surface area contributed by atoms with E-state index in [0.29, 0.717) is 6.04 Å². The van der Waals surface area contributed by atoms with Crippen LogP contribution >= 0.6 is 0 Å². The van der Waals surface area contributed by atoms with Crippen LogP contribution in [0.2, 0.25) is 0 Å². The molecule has 1 atom stereocenters. The van der Waals surface area contributed by atoms with Crippen molar-refractivity contribution in [2.75, 3.05) is 14.1 Å². The second-order valence-electron chi connectivity index (χ2n) is 9.05. The summed E-state index contributed by atoms with van der Waals surface area (Å²) in [6.07, 6.45) is 24.2. The Labute approximate surface area is 177 Å². The van der Waals surface area contributed by atoms with Crippen molar-refractivity contribution in [3.05, 3.63) is 35.9 Å². The summed E-state index contributed by atoms with van der Waals surface area (Å²) in [6.45, 7) is 2.30. The fourth-order valence-corrected chi connectivity index (χ4v) is 4.18. The summed E-state index contributed by atoms with van der Waals surface area (Å²) in [6, 6.07) is 11.7. The molecule has 1 rings (SSSR count). The molecule has 28 heavy (non-hydrogen) atoms. The summed E-state index contributed by atoms with van der Waals surface area (Å²) in [5.41, 5.74) is 1.47. The van der Waals surface area contributed by atoms with Crippen molar-refractivity contribution in [1.82, 2.24) is 4.90 Å². The minimum absolute atomic E-state index is 0.685. The average molecular weight is 388 g/mol. The maximum Gasteiger partial charge on any atom is 0.0130 e. The van der Waals surface area contributed by atoms with E-state index in [2.05, 4.69) is 56.3 Å². The molecule has 0 radical (unpaired) electrons. The van der Waals surface area contributed by atoms with E-state index in [1.54, 1.807) is 0 Å². The Kier molecular flexibility index (Phi) is 16.4. The first-order valence-electron chi connectivity index (χ1n) is 12.4. The van der Waals surface area contributed by atoms with Crippen molar-refractivity contribution in [3.8, 4) is 0 Å². The van der Waals surface area contributed by atoms with Crippen molar-refractivity contribution in [2.45, 2.75) is 122 Å². The van der Waals surface area contributed by atoms with Crippen LogP contribution in [-0.2, 0) is 6.42 Å². The fraction of sp³-hybridized carbons (Fsp3) is 0.778. The quantitative estimate of drug-likeness (QED) is 0.215. The highest BCUT2D eigenvalue weighted by Gasteiger charge is 2.11. The van der Waals surface area contributed by atoms with E-state index in [0.717, 1.165) is 0 Å². The Morgan fingerprint density at radius 2 is 1.04 bits per heavy atom. The van der Waals surface area contributed by atoms with Crippen LogP contribution in [0.5, 0.6) is 0 Å². The number of hydrogen-bond acceptors (Lipinski definition) is 1.